The van der Waals surface area contributed by atoms with Gasteiger partial charge in [0.1, 0.15) is 0 Å². The molecule has 3 aromatic rings. The lowest BCUT2D eigenvalue weighted by molar-refractivity contribution is 0.516. The molecule has 6 heteroatoms. The van der Waals surface area contributed by atoms with Crippen LogP contribution in [0.15, 0.2) is 51.8 Å². The Balaban J connectivity index is 2.05. The fourth-order valence-electron chi connectivity index (χ4n) is 1.98. The molecule has 0 atom stereocenters. The molecule has 3 N–H and O–H groups in total. The van der Waals surface area contributed by atoms with Crippen molar-refractivity contribution in [1.29, 1.82) is 0 Å². The second-order valence-electron chi connectivity index (χ2n) is 4.10. The van der Waals surface area contributed by atoms with Crippen molar-refractivity contribution < 1.29 is 4.42 Å². The Bertz CT molecular complexity index is 775. The second-order valence-corrected chi connectivity index (χ2v) is 4.10. The summed E-state index contributed by atoms with van der Waals surface area (Å²) < 4.78 is 6.71. The summed E-state index contributed by atoms with van der Waals surface area (Å²) in [4.78, 5) is 16.0. The Morgan fingerprint density at radius 2 is 2.16 bits per heavy atom. The van der Waals surface area contributed by atoms with Crippen molar-refractivity contribution >= 4 is 16.8 Å². The molecule has 96 valence electrons. The van der Waals surface area contributed by atoms with Gasteiger partial charge in [-0.25, -0.2) is 4.79 Å². The lowest BCUT2D eigenvalue weighted by atomic mass is 10.3. The summed E-state index contributed by atoms with van der Waals surface area (Å²) in [7, 11) is 0. The van der Waals surface area contributed by atoms with E-state index in [1.165, 1.54) is 4.57 Å². The third-order valence-corrected chi connectivity index (χ3v) is 2.88. The molecule has 0 radical (unpaired) electrons. The first-order valence-corrected chi connectivity index (χ1v) is 5.78. The van der Waals surface area contributed by atoms with E-state index in [1.54, 1.807) is 24.4 Å². The summed E-state index contributed by atoms with van der Waals surface area (Å²) in [5, 5.41) is 0. The van der Waals surface area contributed by atoms with Gasteiger partial charge < -0.3 is 9.84 Å². The first-order valence-electron chi connectivity index (χ1n) is 5.78. The van der Waals surface area contributed by atoms with Gasteiger partial charge in [0.15, 0.2) is 5.58 Å². The Hall–Kier alpha value is -2.60. The summed E-state index contributed by atoms with van der Waals surface area (Å²) in [5.41, 5.74) is 5.34. The summed E-state index contributed by atoms with van der Waals surface area (Å²) >= 11 is 0. The average molecular weight is 256 g/mol. The smallest absolute Gasteiger partial charge is 0.408 e. The average Bonchev–Trinajstić information content (AvgIpc) is 2.76. The van der Waals surface area contributed by atoms with E-state index < -0.39 is 5.76 Å². The van der Waals surface area contributed by atoms with Crippen molar-refractivity contribution in [3.05, 3.63) is 58.8 Å². The number of anilines is 1. The van der Waals surface area contributed by atoms with Crippen molar-refractivity contribution in [2.75, 3.05) is 5.43 Å². The molecule has 6 nitrogen and oxygen atoms in total. The zero-order valence-corrected chi connectivity index (χ0v) is 10.0. The van der Waals surface area contributed by atoms with Gasteiger partial charge in [-0.1, -0.05) is 12.1 Å². The van der Waals surface area contributed by atoms with Crippen LogP contribution >= 0.6 is 0 Å². The number of hydrazine groups is 1. The number of nitrogen functional groups attached to an aromatic ring is 1. The molecule has 0 saturated carbocycles. The maximum absolute atomic E-state index is 11.8. The minimum Gasteiger partial charge on any atom is -0.408 e. The third kappa shape index (κ3) is 2.09. The van der Waals surface area contributed by atoms with Crippen LogP contribution in [0.5, 0.6) is 0 Å². The molecule has 0 aliphatic heterocycles. The van der Waals surface area contributed by atoms with Crippen LogP contribution in [0.2, 0.25) is 0 Å². The van der Waals surface area contributed by atoms with Crippen LogP contribution in [-0.4, -0.2) is 9.55 Å². The van der Waals surface area contributed by atoms with E-state index in [4.69, 9.17) is 10.3 Å². The van der Waals surface area contributed by atoms with Crippen LogP contribution in [0.3, 0.4) is 0 Å². The van der Waals surface area contributed by atoms with Gasteiger partial charge in [-0.15, -0.1) is 0 Å². The molecule has 0 unspecified atom stereocenters. The maximum Gasteiger partial charge on any atom is 0.420 e. The number of oxazole rings is 1. The molecule has 0 saturated heterocycles. The predicted molar refractivity (Wildman–Crippen MR) is 71.6 cm³/mol. The highest BCUT2D eigenvalue weighted by Gasteiger charge is 2.09. The lowest BCUT2D eigenvalue weighted by Gasteiger charge is -2.04. The molecule has 0 amide bonds. The highest BCUT2D eigenvalue weighted by molar-refractivity contribution is 5.72. The van der Waals surface area contributed by atoms with Gasteiger partial charge in [0, 0.05) is 6.20 Å². The number of para-hydroxylation sites is 2. The standard InChI is InChI=1S/C13H12N4O2/c14-16-9-5-6-15-10(7-9)8-17-11-3-1-2-4-12(11)19-13(17)18/h1-7H,8,14H2,(H,15,16). The predicted octanol–water partition coefficient (Wildman–Crippen LogP) is 1.32. The van der Waals surface area contributed by atoms with Crippen LogP contribution < -0.4 is 17.0 Å². The van der Waals surface area contributed by atoms with E-state index in [0.29, 0.717) is 12.1 Å². The largest absolute Gasteiger partial charge is 0.420 e. The quantitative estimate of drug-likeness (QED) is 0.545. The van der Waals surface area contributed by atoms with Crippen LogP contribution in [0.25, 0.3) is 11.1 Å². The number of nitrogens with two attached hydrogens (primary N) is 1. The number of nitrogens with zero attached hydrogens (tertiary/aromatic N) is 2. The van der Waals surface area contributed by atoms with Crippen molar-refractivity contribution in [3.63, 3.8) is 0 Å². The zero-order valence-electron chi connectivity index (χ0n) is 10.0. The fourth-order valence-corrected chi connectivity index (χ4v) is 1.98. The molecule has 3 rings (SSSR count). The van der Waals surface area contributed by atoms with E-state index in [0.717, 1.165) is 16.9 Å². The number of hydrogen-bond acceptors (Lipinski definition) is 5. The highest BCUT2D eigenvalue weighted by atomic mass is 16.4. The van der Waals surface area contributed by atoms with E-state index in [-0.39, 0.29) is 0 Å². The molecule has 0 aliphatic carbocycles. The van der Waals surface area contributed by atoms with Gasteiger partial charge in [0.05, 0.1) is 23.4 Å². The second kappa shape index (κ2) is 4.58. The normalized spacial score (nSPS) is 10.8. The molecule has 0 fully saturated rings. The summed E-state index contributed by atoms with van der Waals surface area (Å²) in [6.45, 7) is 0.339. The Kier molecular flexibility index (Phi) is 2.77. The Morgan fingerprint density at radius 1 is 1.32 bits per heavy atom. The number of aromatic nitrogens is 2. The molecule has 2 heterocycles. The number of nitrogens with one attached hydrogen (secondary N) is 1. The first-order chi connectivity index (χ1) is 9.28. The van der Waals surface area contributed by atoms with E-state index in [9.17, 15) is 4.79 Å². The van der Waals surface area contributed by atoms with Gasteiger partial charge in [-0.2, -0.15) is 0 Å². The van der Waals surface area contributed by atoms with Crippen molar-refractivity contribution in [2.45, 2.75) is 6.54 Å². The molecule has 0 spiro atoms. The van der Waals surface area contributed by atoms with Crippen molar-refractivity contribution in [1.82, 2.24) is 9.55 Å². The maximum atomic E-state index is 11.8. The Morgan fingerprint density at radius 3 is 3.00 bits per heavy atom. The minimum absolute atomic E-state index is 0.339. The summed E-state index contributed by atoms with van der Waals surface area (Å²) in [6.07, 6.45) is 1.64. The Labute approximate surface area is 108 Å². The van der Waals surface area contributed by atoms with E-state index in [1.807, 2.05) is 18.2 Å². The van der Waals surface area contributed by atoms with E-state index >= 15 is 0 Å². The van der Waals surface area contributed by atoms with E-state index in [2.05, 4.69) is 10.4 Å². The van der Waals surface area contributed by atoms with Crippen molar-refractivity contribution in [3.8, 4) is 0 Å². The number of fused-ring (bicyclic) bond motifs is 1. The fraction of sp³-hybridized carbons (Fsp3) is 0.0769. The summed E-state index contributed by atoms with van der Waals surface area (Å²) in [6, 6.07) is 10.8. The SMILES string of the molecule is NNc1ccnc(Cn2c(=O)oc3ccccc32)c1. The molecule has 0 aliphatic rings. The number of rotatable bonds is 3. The van der Waals surface area contributed by atoms with Gasteiger partial charge in [0.25, 0.3) is 0 Å². The van der Waals surface area contributed by atoms with Crippen LogP contribution in [0.4, 0.5) is 5.69 Å². The molecule has 19 heavy (non-hydrogen) atoms. The number of hydrogen-bond donors (Lipinski definition) is 2. The summed E-state index contributed by atoms with van der Waals surface area (Å²) in [5.74, 6) is 4.95. The molecule has 2 aromatic heterocycles. The third-order valence-electron chi connectivity index (χ3n) is 2.88. The van der Waals surface area contributed by atoms with Crippen LogP contribution in [-0.2, 0) is 6.54 Å². The minimum atomic E-state index is -0.394. The molecule has 0 bridgehead atoms. The van der Waals surface area contributed by atoms with Gasteiger partial charge in [0.2, 0.25) is 0 Å². The molecular formula is C13H12N4O2. The van der Waals surface area contributed by atoms with Gasteiger partial charge in [-0.05, 0) is 24.3 Å². The molecular weight excluding hydrogens is 244 g/mol. The molecule has 1 aromatic carbocycles. The monoisotopic (exact) mass is 256 g/mol. The van der Waals surface area contributed by atoms with Gasteiger partial charge >= 0.3 is 5.76 Å². The zero-order chi connectivity index (χ0) is 13.2. The van der Waals surface area contributed by atoms with Crippen LogP contribution in [0, 0.1) is 0 Å². The number of benzene rings is 1. The van der Waals surface area contributed by atoms with Crippen LogP contribution in [0.1, 0.15) is 5.69 Å². The van der Waals surface area contributed by atoms with Gasteiger partial charge in [-0.3, -0.25) is 15.4 Å². The topological polar surface area (TPSA) is 86.1 Å². The lowest BCUT2D eigenvalue weighted by Crippen LogP contribution is -2.16. The van der Waals surface area contributed by atoms with Crippen molar-refractivity contribution in [2.24, 2.45) is 5.84 Å². The highest BCUT2D eigenvalue weighted by Crippen LogP contribution is 2.14. The first kappa shape index (κ1) is 11.5. The number of pyridine rings is 1.